The molecule has 0 aliphatic rings. The molecule has 0 aliphatic heterocycles. The molecule has 2 aromatic rings. The molecule has 23 heavy (non-hydrogen) atoms. The van der Waals surface area contributed by atoms with Gasteiger partial charge in [-0.3, -0.25) is 4.79 Å². The highest BCUT2D eigenvalue weighted by atomic mass is 16.5. The number of nitrogen functional groups attached to an aromatic ring is 1. The highest BCUT2D eigenvalue weighted by Gasteiger charge is 2.22. The number of esters is 1. The lowest BCUT2D eigenvalue weighted by Crippen LogP contribution is -2.38. The Morgan fingerprint density at radius 2 is 2.00 bits per heavy atom. The minimum Gasteiger partial charge on any atom is -0.465 e. The van der Waals surface area contributed by atoms with Crippen molar-refractivity contribution in [2.75, 3.05) is 18.3 Å². The number of benzene rings is 1. The van der Waals surface area contributed by atoms with Crippen molar-refractivity contribution in [1.82, 2.24) is 14.9 Å². The predicted octanol–water partition coefficient (Wildman–Crippen LogP) is 1.18. The lowest BCUT2D eigenvalue weighted by atomic mass is 9.93. The number of carbonyl (C=O) groups excluding carboxylic acids is 1. The number of carbonyl (C=O) groups is 1. The third kappa shape index (κ3) is 3.47. The second-order valence-corrected chi connectivity index (χ2v) is 5.99. The smallest absolute Gasteiger partial charge is 0.337 e. The molecule has 0 saturated heterocycles. The van der Waals surface area contributed by atoms with Crippen LogP contribution in [0.4, 0.5) is 11.6 Å². The quantitative estimate of drug-likeness (QED) is 0.645. The summed E-state index contributed by atoms with van der Waals surface area (Å²) >= 11 is 0. The van der Waals surface area contributed by atoms with Gasteiger partial charge in [0.2, 0.25) is 5.95 Å². The van der Waals surface area contributed by atoms with E-state index < -0.39 is 16.9 Å². The maximum atomic E-state index is 12.3. The molecular weight excluding hydrogens is 298 g/mol. The molecule has 1 aromatic heterocycles. The van der Waals surface area contributed by atoms with Gasteiger partial charge in [0.1, 0.15) is 5.69 Å². The van der Waals surface area contributed by atoms with Gasteiger partial charge in [-0.05, 0) is 18.2 Å². The summed E-state index contributed by atoms with van der Waals surface area (Å²) in [6.45, 7) is 5.56. The molecule has 1 heterocycles. The molecule has 0 fully saturated rings. The molecule has 8 nitrogen and oxygen atoms in total. The fraction of sp³-hybridized carbons (Fsp3) is 0.333. The largest absolute Gasteiger partial charge is 0.465 e. The number of rotatable bonds is 3. The van der Waals surface area contributed by atoms with Crippen molar-refractivity contribution in [3.63, 3.8) is 0 Å². The van der Waals surface area contributed by atoms with Crippen molar-refractivity contribution in [2.24, 2.45) is 0 Å². The van der Waals surface area contributed by atoms with Crippen molar-refractivity contribution in [3.05, 3.63) is 45.9 Å². The Hall–Kier alpha value is -2.90. The van der Waals surface area contributed by atoms with E-state index in [0.717, 1.165) is 4.68 Å². The average Bonchev–Trinajstić information content (AvgIpc) is 2.50. The van der Waals surface area contributed by atoms with Crippen molar-refractivity contribution in [3.8, 4) is 0 Å². The van der Waals surface area contributed by atoms with Crippen LogP contribution in [0.2, 0.25) is 0 Å². The highest BCUT2D eigenvalue weighted by molar-refractivity contribution is 5.90. The number of hydrogen-bond acceptors (Lipinski definition) is 7. The van der Waals surface area contributed by atoms with E-state index in [1.807, 2.05) is 20.8 Å². The summed E-state index contributed by atoms with van der Waals surface area (Å²) in [7, 11) is 1.30. The zero-order valence-electron chi connectivity index (χ0n) is 13.5. The Balaban J connectivity index is 2.37. The molecule has 0 radical (unpaired) electrons. The van der Waals surface area contributed by atoms with Gasteiger partial charge in [0.05, 0.1) is 12.7 Å². The van der Waals surface area contributed by atoms with Crippen LogP contribution >= 0.6 is 0 Å². The third-order valence-electron chi connectivity index (χ3n) is 3.14. The SMILES string of the molecule is COC(=O)c1cccc(Nc2nnc(C(C)(C)C)c(=O)n2N)c1. The number of nitrogens with one attached hydrogen (secondary N) is 1. The van der Waals surface area contributed by atoms with Crippen LogP contribution in [0.15, 0.2) is 29.1 Å². The Bertz CT molecular complexity index is 792. The number of methoxy groups -OCH3 is 1. The zero-order chi connectivity index (χ0) is 17.2. The molecule has 1 aromatic carbocycles. The number of hydrogen-bond donors (Lipinski definition) is 2. The van der Waals surface area contributed by atoms with Gasteiger partial charge in [-0.2, -0.15) is 4.68 Å². The molecule has 3 N–H and O–H groups in total. The van der Waals surface area contributed by atoms with Crippen LogP contribution in [0.1, 0.15) is 36.8 Å². The maximum Gasteiger partial charge on any atom is 0.337 e. The number of ether oxygens (including phenoxy) is 1. The van der Waals surface area contributed by atoms with E-state index in [0.29, 0.717) is 11.3 Å². The van der Waals surface area contributed by atoms with Crippen molar-refractivity contribution in [2.45, 2.75) is 26.2 Å². The number of anilines is 2. The van der Waals surface area contributed by atoms with E-state index in [4.69, 9.17) is 5.84 Å². The van der Waals surface area contributed by atoms with Crippen molar-refractivity contribution >= 4 is 17.6 Å². The van der Waals surface area contributed by atoms with Gasteiger partial charge < -0.3 is 15.9 Å². The normalized spacial score (nSPS) is 11.1. The van der Waals surface area contributed by atoms with Gasteiger partial charge in [-0.25, -0.2) is 4.79 Å². The average molecular weight is 317 g/mol. The summed E-state index contributed by atoms with van der Waals surface area (Å²) < 4.78 is 5.56. The first-order valence-electron chi connectivity index (χ1n) is 6.94. The van der Waals surface area contributed by atoms with Crippen LogP contribution in [-0.4, -0.2) is 28.0 Å². The minimum absolute atomic E-state index is 0.0741. The van der Waals surface area contributed by atoms with E-state index >= 15 is 0 Å². The van der Waals surface area contributed by atoms with E-state index in [1.54, 1.807) is 24.3 Å². The lowest BCUT2D eigenvalue weighted by molar-refractivity contribution is 0.0601. The van der Waals surface area contributed by atoms with Crippen molar-refractivity contribution in [1.29, 1.82) is 0 Å². The predicted molar refractivity (Wildman–Crippen MR) is 86.2 cm³/mol. The van der Waals surface area contributed by atoms with E-state index in [1.165, 1.54) is 7.11 Å². The summed E-state index contributed by atoms with van der Waals surface area (Å²) in [5.74, 6) is 5.41. The molecule has 0 aliphatic carbocycles. The van der Waals surface area contributed by atoms with Gasteiger partial charge in [-0.1, -0.05) is 26.8 Å². The molecule has 0 spiro atoms. The first-order chi connectivity index (χ1) is 10.7. The summed E-state index contributed by atoms with van der Waals surface area (Å²) in [6, 6.07) is 6.55. The molecular formula is C15H19N5O3. The molecule has 0 amide bonds. The summed E-state index contributed by atoms with van der Waals surface area (Å²) in [6.07, 6.45) is 0. The Labute approximate surface area is 133 Å². The standard InChI is InChI=1S/C15H19N5O3/c1-15(2,3)11-12(21)20(16)14(19-18-11)17-10-7-5-6-9(8-10)13(22)23-4/h5-8H,16H2,1-4H3,(H,17,19). The van der Waals surface area contributed by atoms with Crippen LogP contribution in [0, 0.1) is 0 Å². The summed E-state index contributed by atoms with van der Waals surface area (Å²) in [5.41, 5.74) is 0.272. The molecule has 122 valence electrons. The summed E-state index contributed by atoms with van der Waals surface area (Å²) in [5, 5.41) is 10.8. The Morgan fingerprint density at radius 3 is 2.61 bits per heavy atom. The van der Waals surface area contributed by atoms with Crippen LogP contribution < -0.4 is 16.7 Å². The van der Waals surface area contributed by atoms with Gasteiger partial charge in [0.25, 0.3) is 5.56 Å². The Morgan fingerprint density at radius 1 is 1.30 bits per heavy atom. The topological polar surface area (TPSA) is 112 Å². The molecule has 2 rings (SSSR count). The number of nitrogens with zero attached hydrogens (tertiary/aromatic N) is 3. The maximum absolute atomic E-state index is 12.3. The minimum atomic E-state index is -0.465. The first-order valence-corrected chi connectivity index (χ1v) is 6.94. The molecule has 0 bridgehead atoms. The van der Waals surface area contributed by atoms with Gasteiger partial charge in [-0.15, -0.1) is 10.2 Å². The second kappa shape index (κ2) is 6.07. The van der Waals surface area contributed by atoms with Crippen LogP contribution in [0.25, 0.3) is 0 Å². The van der Waals surface area contributed by atoms with Crippen LogP contribution in [-0.2, 0) is 10.2 Å². The Kier molecular flexibility index (Phi) is 4.35. The molecule has 0 saturated carbocycles. The zero-order valence-corrected chi connectivity index (χ0v) is 13.5. The fourth-order valence-electron chi connectivity index (χ4n) is 1.93. The van der Waals surface area contributed by atoms with Gasteiger partial charge >= 0.3 is 5.97 Å². The van der Waals surface area contributed by atoms with Gasteiger partial charge in [0, 0.05) is 11.1 Å². The third-order valence-corrected chi connectivity index (χ3v) is 3.14. The molecule has 8 heteroatoms. The monoisotopic (exact) mass is 317 g/mol. The van der Waals surface area contributed by atoms with E-state index in [-0.39, 0.29) is 11.6 Å². The molecule has 0 atom stereocenters. The van der Waals surface area contributed by atoms with Crippen LogP contribution in [0.3, 0.4) is 0 Å². The van der Waals surface area contributed by atoms with Gasteiger partial charge in [0.15, 0.2) is 0 Å². The lowest BCUT2D eigenvalue weighted by Gasteiger charge is -2.17. The summed E-state index contributed by atoms with van der Waals surface area (Å²) in [4.78, 5) is 23.8. The van der Waals surface area contributed by atoms with Crippen LogP contribution in [0.5, 0.6) is 0 Å². The second-order valence-electron chi connectivity index (χ2n) is 5.99. The number of aromatic nitrogens is 3. The van der Waals surface area contributed by atoms with Crippen molar-refractivity contribution < 1.29 is 9.53 Å². The van der Waals surface area contributed by atoms with E-state index in [2.05, 4.69) is 20.3 Å². The highest BCUT2D eigenvalue weighted by Crippen LogP contribution is 2.18. The first kappa shape index (κ1) is 16.5. The fourth-order valence-corrected chi connectivity index (χ4v) is 1.93. The molecule has 0 unspecified atom stereocenters. The van der Waals surface area contributed by atoms with E-state index in [9.17, 15) is 9.59 Å². The number of nitrogens with two attached hydrogens (primary N) is 1.